The maximum absolute atomic E-state index is 12.5. The summed E-state index contributed by atoms with van der Waals surface area (Å²) in [6.45, 7) is 7.47. The monoisotopic (exact) mass is 319 g/mol. The Labute approximate surface area is 137 Å². The first-order valence-corrected chi connectivity index (χ1v) is 8.39. The number of nitrogens with one attached hydrogen (secondary N) is 1. The molecule has 1 saturated carbocycles. The molecule has 6 nitrogen and oxygen atoms in total. The highest BCUT2D eigenvalue weighted by Gasteiger charge is 2.68. The average molecular weight is 319 g/mol. The molecule has 6 heteroatoms. The van der Waals surface area contributed by atoms with Crippen molar-refractivity contribution in [2.45, 2.75) is 58.0 Å². The Morgan fingerprint density at radius 3 is 2.87 bits per heavy atom. The first-order chi connectivity index (χ1) is 10.8. The smallest absolute Gasteiger partial charge is 0.326 e. The van der Waals surface area contributed by atoms with Crippen LogP contribution in [0.5, 0.6) is 0 Å². The molecule has 1 aliphatic carbocycles. The normalized spacial score (nSPS) is 38.3. The fourth-order valence-corrected chi connectivity index (χ4v) is 4.47. The molecule has 2 bridgehead atoms. The largest absolute Gasteiger partial charge is 0.464 e. The van der Waals surface area contributed by atoms with Crippen molar-refractivity contribution in [1.29, 1.82) is 5.26 Å². The lowest BCUT2D eigenvalue weighted by Gasteiger charge is -2.51. The van der Waals surface area contributed by atoms with Crippen molar-refractivity contribution in [3.63, 3.8) is 0 Å². The highest BCUT2D eigenvalue weighted by molar-refractivity contribution is 5.86. The van der Waals surface area contributed by atoms with E-state index in [2.05, 4.69) is 32.2 Å². The van der Waals surface area contributed by atoms with Gasteiger partial charge in [0.1, 0.15) is 11.6 Å². The van der Waals surface area contributed by atoms with Gasteiger partial charge in [0, 0.05) is 17.4 Å². The summed E-state index contributed by atoms with van der Waals surface area (Å²) in [5.41, 5.74) is -1.16. The Morgan fingerprint density at radius 2 is 2.17 bits per heavy atom. The molecule has 23 heavy (non-hydrogen) atoms. The second-order valence-corrected chi connectivity index (χ2v) is 7.89. The standard InChI is InChI=1S/C17H25N3O3/c1-15(2)16(3)6-7-17(15,14(22)23-11-16)19-10-13(21)20-8-4-5-12(20)9-18/h12,19H,4-8,10-11H2,1-3H3/t12-,16-,17-/m0/s1. The predicted molar refractivity (Wildman–Crippen MR) is 83.2 cm³/mol. The van der Waals surface area contributed by atoms with Crippen molar-refractivity contribution in [3.8, 4) is 6.07 Å². The van der Waals surface area contributed by atoms with Crippen LogP contribution in [-0.4, -0.2) is 48.1 Å². The Bertz CT molecular complexity index is 582. The minimum absolute atomic E-state index is 0.0697. The molecular weight excluding hydrogens is 294 g/mol. The van der Waals surface area contributed by atoms with Gasteiger partial charge in [0.15, 0.2) is 0 Å². The van der Waals surface area contributed by atoms with Crippen molar-refractivity contribution in [3.05, 3.63) is 0 Å². The van der Waals surface area contributed by atoms with Gasteiger partial charge in [-0.25, -0.2) is 0 Å². The van der Waals surface area contributed by atoms with E-state index in [4.69, 9.17) is 10.00 Å². The molecule has 0 spiro atoms. The number of carbonyl (C=O) groups is 2. The van der Waals surface area contributed by atoms with Crippen molar-refractivity contribution >= 4 is 11.9 Å². The Hall–Kier alpha value is -1.61. The number of rotatable bonds is 3. The zero-order valence-electron chi connectivity index (χ0n) is 14.1. The summed E-state index contributed by atoms with van der Waals surface area (Å²) in [7, 11) is 0. The van der Waals surface area contributed by atoms with Crippen LogP contribution in [0, 0.1) is 22.2 Å². The molecular formula is C17H25N3O3. The minimum atomic E-state index is -0.808. The van der Waals surface area contributed by atoms with Gasteiger partial charge in [-0.2, -0.15) is 5.26 Å². The van der Waals surface area contributed by atoms with Gasteiger partial charge in [-0.1, -0.05) is 20.8 Å². The second-order valence-electron chi connectivity index (χ2n) is 7.89. The molecule has 2 saturated heterocycles. The first kappa shape index (κ1) is 16.3. The van der Waals surface area contributed by atoms with E-state index < -0.39 is 5.54 Å². The molecule has 2 heterocycles. The van der Waals surface area contributed by atoms with Gasteiger partial charge < -0.3 is 9.64 Å². The lowest BCUT2D eigenvalue weighted by molar-refractivity contribution is -0.177. The molecule has 3 fully saturated rings. The molecule has 0 aromatic rings. The van der Waals surface area contributed by atoms with Gasteiger partial charge in [0.2, 0.25) is 5.91 Å². The van der Waals surface area contributed by atoms with Gasteiger partial charge in [-0.05, 0) is 25.7 Å². The van der Waals surface area contributed by atoms with Crippen LogP contribution in [0.3, 0.4) is 0 Å². The van der Waals surface area contributed by atoms with Crippen LogP contribution in [0.4, 0.5) is 0 Å². The average Bonchev–Trinajstić information content (AvgIpc) is 3.02. The Balaban J connectivity index is 1.75. The lowest BCUT2D eigenvalue weighted by Crippen LogP contribution is -2.67. The van der Waals surface area contributed by atoms with E-state index in [1.165, 1.54) is 0 Å². The fraction of sp³-hybridized carbons (Fsp3) is 0.824. The number of hydrogen-bond acceptors (Lipinski definition) is 5. The van der Waals surface area contributed by atoms with Crippen LogP contribution in [-0.2, 0) is 14.3 Å². The number of nitriles is 1. The van der Waals surface area contributed by atoms with Crippen LogP contribution in [0.25, 0.3) is 0 Å². The van der Waals surface area contributed by atoms with E-state index in [1.54, 1.807) is 4.90 Å². The van der Waals surface area contributed by atoms with Gasteiger partial charge in [0.05, 0.1) is 19.2 Å². The quantitative estimate of drug-likeness (QED) is 0.791. The highest BCUT2D eigenvalue weighted by atomic mass is 16.5. The van der Waals surface area contributed by atoms with E-state index in [0.717, 1.165) is 19.3 Å². The van der Waals surface area contributed by atoms with Crippen molar-refractivity contribution in [1.82, 2.24) is 10.2 Å². The summed E-state index contributed by atoms with van der Waals surface area (Å²) in [5, 5.41) is 12.4. The predicted octanol–water partition coefficient (Wildman–Crippen LogP) is 1.21. The maximum atomic E-state index is 12.5. The van der Waals surface area contributed by atoms with Crippen molar-refractivity contribution < 1.29 is 14.3 Å². The number of fused-ring (bicyclic) bond motifs is 2. The van der Waals surface area contributed by atoms with Crippen LogP contribution < -0.4 is 5.32 Å². The molecule has 0 radical (unpaired) electrons. The molecule has 0 aromatic heterocycles. The number of hydrogen-bond donors (Lipinski definition) is 1. The zero-order valence-corrected chi connectivity index (χ0v) is 14.1. The third-order valence-electron chi connectivity index (χ3n) is 6.76. The third kappa shape index (κ3) is 2.09. The van der Waals surface area contributed by atoms with E-state index in [1.807, 2.05) is 0 Å². The molecule has 0 unspecified atom stereocenters. The fourth-order valence-electron chi connectivity index (χ4n) is 4.47. The summed E-state index contributed by atoms with van der Waals surface area (Å²) in [6.07, 6.45) is 3.18. The molecule has 0 aromatic carbocycles. The van der Waals surface area contributed by atoms with Crippen LogP contribution >= 0.6 is 0 Å². The SMILES string of the molecule is CC1(C)[C@@]2(C)CC[C@]1(NCC(=O)N1CCC[C@H]1C#N)C(=O)OC2. The van der Waals surface area contributed by atoms with Crippen LogP contribution in [0.1, 0.15) is 46.5 Å². The zero-order chi connectivity index (χ0) is 16.9. The lowest BCUT2D eigenvalue weighted by atomic mass is 9.61. The number of esters is 1. The van der Waals surface area contributed by atoms with E-state index in [9.17, 15) is 9.59 Å². The number of amides is 1. The van der Waals surface area contributed by atoms with Crippen LogP contribution in [0.15, 0.2) is 0 Å². The summed E-state index contributed by atoms with van der Waals surface area (Å²) in [5.74, 6) is -0.352. The van der Waals surface area contributed by atoms with Crippen molar-refractivity contribution in [2.75, 3.05) is 19.7 Å². The third-order valence-corrected chi connectivity index (χ3v) is 6.76. The van der Waals surface area contributed by atoms with E-state index in [0.29, 0.717) is 19.6 Å². The minimum Gasteiger partial charge on any atom is -0.464 e. The van der Waals surface area contributed by atoms with E-state index in [-0.39, 0.29) is 35.3 Å². The Morgan fingerprint density at radius 1 is 1.43 bits per heavy atom. The summed E-state index contributed by atoms with van der Waals surface area (Å²) in [6, 6.07) is 1.85. The van der Waals surface area contributed by atoms with Gasteiger partial charge in [0.25, 0.3) is 0 Å². The topological polar surface area (TPSA) is 82.4 Å². The highest BCUT2D eigenvalue weighted by Crippen LogP contribution is 2.60. The summed E-state index contributed by atoms with van der Waals surface area (Å²) < 4.78 is 5.43. The maximum Gasteiger partial charge on any atom is 0.326 e. The molecule has 3 atom stereocenters. The van der Waals surface area contributed by atoms with Gasteiger partial charge in [-0.3, -0.25) is 14.9 Å². The molecule has 2 aliphatic heterocycles. The Kier molecular flexibility index (Phi) is 3.68. The summed E-state index contributed by atoms with van der Waals surface area (Å²) in [4.78, 5) is 26.6. The molecule has 3 rings (SSSR count). The number of carbonyl (C=O) groups excluding carboxylic acids is 2. The van der Waals surface area contributed by atoms with Gasteiger partial charge >= 0.3 is 5.97 Å². The second kappa shape index (κ2) is 5.20. The molecule has 3 aliphatic rings. The molecule has 1 N–H and O–H groups in total. The summed E-state index contributed by atoms with van der Waals surface area (Å²) >= 11 is 0. The number of nitrogens with zero attached hydrogens (tertiary/aromatic N) is 2. The molecule has 1 amide bonds. The number of likely N-dealkylation sites (tertiary alicyclic amines) is 1. The van der Waals surface area contributed by atoms with E-state index >= 15 is 0 Å². The van der Waals surface area contributed by atoms with Gasteiger partial charge in [-0.15, -0.1) is 0 Å². The van der Waals surface area contributed by atoms with Crippen molar-refractivity contribution in [2.24, 2.45) is 10.8 Å². The van der Waals surface area contributed by atoms with Crippen LogP contribution in [0.2, 0.25) is 0 Å². The molecule has 126 valence electrons. The first-order valence-electron chi connectivity index (χ1n) is 8.39. The number of ether oxygens (including phenoxy) is 1. The number of cyclic esters (lactones) is 1.